The Morgan fingerprint density at radius 2 is 2.21 bits per heavy atom. The summed E-state index contributed by atoms with van der Waals surface area (Å²) in [5.41, 5.74) is 0.850. The molecule has 24 heavy (non-hydrogen) atoms. The minimum Gasteiger partial charge on any atom is -0.337 e. The van der Waals surface area contributed by atoms with E-state index in [2.05, 4.69) is 38.9 Å². The Labute approximate surface area is 140 Å². The summed E-state index contributed by atoms with van der Waals surface area (Å²) >= 11 is 0. The molecule has 0 unspecified atom stereocenters. The zero-order valence-electron chi connectivity index (χ0n) is 13.8. The molecule has 124 valence electrons. The van der Waals surface area contributed by atoms with Crippen LogP contribution in [0.1, 0.15) is 38.6 Å². The third-order valence-corrected chi connectivity index (χ3v) is 4.46. The second kappa shape index (κ2) is 6.16. The molecule has 3 aromatic rings. The quantitative estimate of drug-likeness (QED) is 0.735. The number of hydrogen-bond donors (Lipinski definition) is 0. The summed E-state index contributed by atoms with van der Waals surface area (Å²) < 4.78 is 7.39. The van der Waals surface area contributed by atoms with Gasteiger partial charge in [0.05, 0.1) is 6.04 Å². The van der Waals surface area contributed by atoms with Crippen LogP contribution in [0.2, 0.25) is 0 Å². The summed E-state index contributed by atoms with van der Waals surface area (Å²) in [5, 5.41) is 4.15. The highest BCUT2D eigenvalue weighted by Gasteiger charge is 2.32. The standard InChI is InChI=1S/C17H20N6O/c1-12(2)23-8-3-4-14(23)17-20-16(21-24-17)13-5-6-15(19-10-13)22-9-7-18-11-22/h5-7,9-12,14H,3-4,8H2,1-2H3/t14-/m0/s1. The highest BCUT2D eigenvalue weighted by molar-refractivity contribution is 5.53. The molecule has 0 N–H and O–H groups in total. The lowest BCUT2D eigenvalue weighted by molar-refractivity contribution is 0.170. The fourth-order valence-electron chi connectivity index (χ4n) is 3.23. The maximum atomic E-state index is 5.54. The number of aromatic nitrogens is 5. The van der Waals surface area contributed by atoms with Crippen molar-refractivity contribution in [1.29, 1.82) is 0 Å². The van der Waals surface area contributed by atoms with Crippen LogP contribution in [0, 0.1) is 0 Å². The molecule has 7 heteroatoms. The molecule has 4 heterocycles. The fraction of sp³-hybridized carbons (Fsp3) is 0.412. The van der Waals surface area contributed by atoms with Gasteiger partial charge in [-0.05, 0) is 45.4 Å². The van der Waals surface area contributed by atoms with Crippen molar-refractivity contribution in [2.75, 3.05) is 6.54 Å². The van der Waals surface area contributed by atoms with E-state index in [1.807, 2.05) is 22.9 Å². The molecule has 0 saturated carbocycles. The molecule has 7 nitrogen and oxygen atoms in total. The highest BCUT2D eigenvalue weighted by Crippen LogP contribution is 2.33. The largest absolute Gasteiger partial charge is 0.337 e. The van der Waals surface area contributed by atoms with Crippen LogP contribution < -0.4 is 0 Å². The monoisotopic (exact) mass is 324 g/mol. The van der Waals surface area contributed by atoms with Gasteiger partial charge in [0.2, 0.25) is 11.7 Å². The Bertz CT molecular complexity index is 793. The van der Waals surface area contributed by atoms with E-state index in [-0.39, 0.29) is 6.04 Å². The van der Waals surface area contributed by atoms with E-state index < -0.39 is 0 Å². The first-order chi connectivity index (χ1) is 11.7. The van der Waals surface area contributed by atoms with Crippen LogP contribution in [0.25, 0.3) is 17.2 Å². The van der Waals surface area contributed by atoms with Gasteiger partial charge in [-0.1, -0.05) is 5.16 Å². The van der Waals surface area contributed by atoms with Gasteiger partial charge in [-0.2, -0.15) is 4.98 Å². The first-order valence-corrected chi connectivity index (χ1v) is 8.26. The molecule has 1 aliphatic heterocycles. The van der Waals surface area contributed by atoms with E-state index in [0.717, 1.165) is 24.3 Å². The van der Waals surface area contributed by atoms with Crippen LogP contribution in [0.15, 0.2) is 41.6 Å². The van der Waals surface area contributed by atoms with Crippen molar-refractivity contribution in [2.45, 2.75) is 38.8 Å². The molecule has 1 atom stereocenters. The molecule has 1 fully saturated rings. The molecule has 0 aromatic carbocycles. The van der Waals surface area contributed by atoms with Gasteiger partial charge >= 0.3 is 0 Å². The number of pyridine rings is 1. The second-order valence-corrected chi connectivity index (χ2v) is 6.32. The van der Waals surface area contributed by atoms with Crippen molar-refractivity contribution in [3.63, 3.8) is 0 Å². The van der Waals surface area contributed by atoms with E-state index in [4.69, 9.17) is 4.52 Å². The van der Waals surface area contributed by atoms with Crippen LogP contribution in [-0.4, -0.2) is 42.2 Å². The average molecular weight is 324 g/mol. The third kappa shape index (κ3) is 2.71. The van der Waals surface area contributed by atoms with Crippen molar-refractivity contribution < 1.29 is 4.52 Å². The molecular weight excluding hydrogens is 304 g/mol. The van der Waals surface area contributed by atoms with Crippen molar-refractivity contribution in [3.8, 4) is 17.2 Å². The minimum absolute atomic E-state index is 0.226. The zero-order chi connectivity index (χ0) is 16.5. The molecule has 0 bridgehead atoms. The topological polar surface area (TPSA) is 72.9 Å². The zero-order valence-corrected chi connectivity index (χ0v) is 13.8. The molecular formula is C17H20N6O. The molecule has 0 aliphatic carbocycles. The predicted molar refractivity (Wildman–Crippen MR) is 88.5 cm³/mol. The van der Waals surface area contributed by atoms with Crippen LogP contribution in [0.5, 0.6) is 0 Å². The SMILES string of the molecule is CC(C)N1CCC[C@H]1c1nc(-c2ccc(-n3ccnc3)nc2)no1. The molecule has 0 amide bonds. The van der Waals surface area contributed by atoms with E-state index in [9.17, 15) is 0 Å². The smallest absolute Gasteiger partial charge is 0.244 e. The summed E-state index contributed by atoms with van der Waals surface area (Å²) in [6.07, 6.45) is 9.30. The molecule has 3 aromatic heterocycles. The lowest BCUT2D eigenvalue weighted by Crippen LogP contribution is -2.30. The fourth-order valence-corrected chi connectivity index (χ4v) is 3.23. The first kappa shape index (κ1) is 15.0. The van der Waals surface area contributed by atoms with Gasteiger partial charge in [0.1, 0.15) is 12.1 Å². The van der Waals surface area contributed by atoms with E-state index in [1.54, 1.807) is 18.7 Å². The van der Waals surface area contributed by atoms with Crippen LogP contribution in [0.3, 0.4) is 0 Å². The van der Waals surface area contributed by atoms with Crippen molar-refractivity contribution in [3.05, 3.63) is 42.9 Å². The molecule has 4 rings (SSSR count). The number of likely N-dealkylation sites (tertiary alicyclic amines) is 1. The summed E-state index contributed by atoms with van der Waals surface area (Å²) in [6.45, 7) is 5.49. The van der Waals surface area contributed by atoms with Crippen molar-refractivity contribution in [1.82, 2.24) is 29.6 Å². The second-order valence-electron chi connectivity index (χ2n) is 6.32. The lowest BCUT2D eigenvalue weighted by Gasteiger charge is -2.25. The van der Waals surface area contributed by atoms with Crippen molar-refractivity contribution in [2.24, 2.45) is 0 Å². The summed E-state index contributed by atoms with van der Waals surface area (Å²) in [4.78, 5) is 15.5. The van der Waals surface area contributed by atoms with Crippen LogP contribution >= 0.6 is 0 Å². The van der Waals surface area contributed by atoms with E-state index >= 15 is 0 Å². The minimum atomic E-state index is 0.226. The summed E-state index contributed by atoms with van der Waals surface area (Å²) in [7, 11) is 0. The molecule has 0 radical (unpaired) electrons. The van der Waals surface area contributed by atoms with Gasteiger partial charge in [-0.15, -0.1) is 0 Å². The Hall–Kier alpha value is -2.54. The van der Waals surface area contributed by atoms with Gasteiger partial charge in [0.15, 0.2) is 0 Å². The molecule has 0 spiro atoms. The third-order valence-electron chi connectivity index (χ3n) is 4.46. The predicted octanol–water partition coefficient (Wildman–Crippen LogP) is 2.86. The van der Waals surface area contributed by atoms with Gasteiger partial charge in [-0.3, -0.25) is 9.47 Å². The summed E-state index contributed by atoms with van der Waals surface area (Å²) in [6, 6.07) is 4.57. The maximum absolute atomic E-state index is 5.54. The van der Waals surface area contributed by atoms with Gasteiger partial charge < -0.3 is 4.52 Å². The van der Waals surface area contributed by atoms with Gasteiger partial charge in [0, 0.05) is 30.2 Å². The van der Waals surface area contributed by atoms with Gasteiger partial charge in [-0.25, -0.2) is 9.97 Å². The Morgan fingerprint density at radius 1 is 1.29 bits per heavy atom. The Balaban J connectivity index is 1.56. The lowest BCUT2D eigenvalue weighted by atomic mass is 10.2. The molecule has 1 aliphatic rings. The first-order valence-electron chi connectivity index (χ1n) is 8.26. The number of hydrogen-bond acceptors (Lipinski definition) is 6. The van der Waals surface area contributed by atoms with Gasteiger partial charge in [0.25, 0.3) is 0 Å². The average Bonchev–Trinajstić information content (AvgIpc) is 3.34. The summed E-state index contributed by atoms with van der Waals surface area (Å²) in [5.74, 6) is 2.10. The number of imidazole rings is 1. The van der Waals surface area contributed by atoms with Crippen LogP contribution in [0.4, 0.5) is 0 Å². The normalized spacial score (nSPS) is 18.5. The number of nitrogens with zero attached hydrogens (tertiary/aromatic N) is 6. The Morgan fingerprint density at radius 3 is 2.92 bits per heavy atom. The maximum Gasteiger partial charge on any atom is 0.244 e. The van der Waals surface area contributed by atoms with E-state index in [0.29, 0.717) is 17.8 Å². The Kier molecular flexibility index (Phi) is 3.86. The van der Waals surface area contributed by atoms with Crippen molar-refractivity contribution >= 4 is 0 Å². The number of rotatable bonds is 4. The van der Waals surface area contributed by atoms with E-state index in [1.165, 1.54) is 6.42 Å². The highest BCUT2D eigenvalue weighted by atomic mass is 16.5. The molecule has 1 saturated heterocycles. The van der Waals surface area contributed by atoms with Crippen LogP contribution in [-0.2, 0) is 0 Å².